The van der Waals surface area contributed by atoms with E-state index in [1.807, 2.05) is 0 Å². The molecule has 0 radical (unpaired) electrons. The average molecular weight is 265 g/mol. The van der Waals surface area contributed by atoms with E-state index in [0.717, 1.165) is 6.42 Å². The van der Waals surface area contributed by atoms with Gasteiger partial charge in [-0.25, -0.2) is 4.39 Å². The molecule has 2 rings (SSSR count). The predicted octanol–water partition coefficient (Wildman–Crippen LogP) is 2.68. The molecule has 1 aliphatic carbocycles. The summed E-state index contributed by atoms with van der Waals surface area (Å²) in [6, 6.07) is 4.73. The minimum absolute atomic E-state index is 0.119. The number of hydrogen-bond acceptors (Lipinski definition) is 2. The topological polar surface area (TPSA) is 38.3 Å². The lowest BCUT2D eigenvalue weighted by molar-refractivity contribution is -0.121. The van der Waals surface area contributed by atoms with Crippen molar-refractivity contribution >= 4 is 5.91 Å². The summed E-state index contributed by atoms with van der Waals surface area (Å²) in [6.45, 7) is 0.599. The fourth-order valence-corrected chi connectivity index (χ4v) is 2.03. The zero-order chi connectivity index (χ0) is 13.7. The van der Waals surface area contributed by atoms with Crippen LogP contribution in [0.25, 0.3) is 0 Å². The van der Waals surface area contributed by atoms with Crippen molar-refractivity contribution in [3.05, 3.63) is 29.6 Å². The van der Waals surface area contributed by atoms with Crippen LogP contribution in [0.5, 0.6) is 5.75 Å². The van der Waals surface area contributed by atoms with E-state index in [2.05, 4.69) is 5.32 Å². The molecule has 0 spiro atoms. The number of carbonyl (C=O) groups excluding carboxylic acids is 1. The van der Waals surface area contributed by atoms with Gasteiger partial charge >= 0.3 is 0 Å². The lowest BCUT2D eigenvalue weighted by Crippen LogP contribution is -2.24. The molecule has 0 aliphatic heterocycles. The van der Waals surface area contributed by atoms with Gasteiger partial charge in [0.05, 0.1) is 7.11 Å². The maximum Gasteiger partial charge on any atom is 0.220 e. The number of benzene rings is 1. The zero-order valence-corrected chi connectivity index (χ0v) is 11.2. The normalized spacial score (nSPS) is 14.2. The number of carbonyl (C=O) groups is 1. The van der Waals surface area contributed by atoms with Crippen molar-refractivity contribution in [3.63, 3.8) is 0 Å². The highest BCUT2D eigenvalue weighted by Gasteiger charge is 2.23. The van der Waals surface area contributed by atoms with Gasteiger partial charge in [0.1, 0.15) is 11.6 Å². The van der Waals surface area contributed by atoms with Crippen LogP contribution < -0.4 is 10.1 Å². The molecule has 0 unspecified atom stereocenters. The third-order valence-electron chi connectivity index (χ3n) is 3.37. The zero-order valence-electron chi connectivity index (χ0n) is 11.2. The Morgan fingerprint density at radius 1 is 1.47 bits per heavy atom. The van der Waals surface area contributed by atoms with E-state index in [4.69, 9.17) is 4.74 Å². The first-order chi connectivity index (χ1) is 9.19. The van der Waals surface area contributed by atoms with Crippen molar-refractivity contribution in [1.82, 2.24) is 5.32 Å². The fraction of sp³-hybridized carbons (Fsp3) is 0.533. The SMILES string of the molecule is COc1ccc(F)c(CCCNC(=O)CC2CC2)c1. The van der Waals surface area contributed by atoms with Gasteiger partial charge in [0.2, 0.25) is 5.91 Å². The molecule has 1 fully saturated rings. The highest BCUT2D eigenvalue weighted by Crippen LogP contribution is 2.32. The van der Waals surface area contributed by atoms with Crippen LogP contribution in [0.15, 0.2) is 18.2 Å². The molecule has 0 aromatic heterocycles. The van der Waals surface area contributed by atoms with Crippen LogP contribution in [-0.2, 0) is 11.2 Å². The molecule has 0 heterocycles. The summed E-state index contributed by atoms with van der Waals surface area (Å²) in [6.07, 6.45) is 4.35. The van der Waals surface area contributed by atoms with Gasteiger partial charge in [0, 0.05) is 13.0 Å². The number of rotatable bonds is 7. The van der Waals surface area contributed by atoms with Crippen molar-refractivity contribution in [3.8, 4) is 5.75 Å². The lowest BCUT2D eigenvalue weighted by Gasteiger charge is -2.07. The van der Waals surface area contributed by atoms with Gasteiger partial charge in [-0.05, 0) is 55.4 Å². The molecule has 1 aromatic rings. The molecule has 0 saturated heterocycles. The Morgan fingerprint density at radius 2 is 2.26 bits per heavy atom. The van der Waals surface area contributed by atoms with Gasteiger partial charge in [-0.1, -0.05) is 0 Å². The Kier molecular flexibility index (Phi) is 4.77. The monoisotopic (exact) mass is 265 g/mol. The van der Waals surface area contributed by atoms with Gasteiger partial charge in [-0.15, -0.1) is 0 Å². The molecule has 1 N–H and O–H groups in total. The summed E-state index contributed by atoms with van der Waals surface area (Å²) in [5.74, 6) is 1.17. The van der Waals surface area contributed by atoms with E-state index in [9.17, 15) is 9.18 Å². The molecular formula is C15H20FNO2. The van der Waals surface area contributed by atoms with Crippen molar-refractivity contribution in [2.75, 3.05) is 13.7 Å². The van der Waals surface area contributed by atoms with E-state index in [0.29, 0.717) is 36.6 Å². The lowest BCUT2D eigenvalue weighted by atomic mass is 10.1. The van der Waals surface area contributed by atoms with Crippen LogP contribution in [0.4, 0.5) is 4.39 Å². The quantitative estimate of drug-likeness (QED) is 0.770. The van der Waals surface area contributed by atoms with Crippen LogP contribution >= 0.6 is 0 Å². The molecule has 0 atom stereocenters. The summed E-state index contributed by atoms with van der Waals surface area (Å²) in [5, 5.41) is 2.88. The van der Waals surface area contributed by atoms with Gasteiger partial charge in [0.15, 0.2) is 0 Å². The number of amides is 1. The third-order valence-corrected chi connectivity index (χ3v) is 3.37. The summed E-state index contributed by atoms with van der Waals surface area (Å²) in [5.41, 5.74) is 0.635. The Morgan fingerprint density at radius 3 is 2.95 bits per heavy atom. The van der Waals surface area contributed by atoms with Gasteiger partial charge in [-0.3, -0.25) is 4.79 Å². The van der Waals surface area contributed by atoms with E-state index in [-0.39, 0.29) is 11.7 Å². The van der Waals surface area contributed by atoms with Gasteiger partial charge in [0.25, 0.3) is 0 Å². The van der Waals surface area contributed by atoms with E-state index in [1.54, 1.807) is 19.2 Å². The van der Waals surface area contributed by atoms with Crippen molar-refractivity contribution in [2.45, 2.75) is 32.1 Å². The van der Waals surface area contributed by atoms with Crippen LogP contribution in [0.1, 0.15) is 31.2 Å². The number of ether oxygens (including phenoxy) is 1. The van der Waals surface area contributed by atoms with Gasteiger partial charge < -0.3 is 10.1 Å². The minimum atomic E-state index is -0.217. The first-order valence-electron chi connectivity index (χ1n) is 6.78. The summed E-state index contributed by atoms with van der Waals surface area (Å²) >= 11 is 0. The molecule has 0 bridgehead atoms. The Labute approximate surface area is 113 Å². The minimum Gasteiger partial charge on any atom is -0.497 e. The predicted molar refractivity (Wildman–Crippen MR) is 71.6 cm³/mol. The Balaban J connectivity index is 1.70. The summed E-state index contributed by atoms with van der Waals surface area (Å²) in [4.78, 5) is 11.5. The average Bonchev–Trinajstić information content (AvgIpc) is 3.20. The molecule has 104 valence electrons. The van der Waals surface area contributed by atoms with Crippen LogP contribution in [0, 0.1) is 11.7 Å². The summed E-state index contributed by atoms with van der Waals surface area (Å²) < 4.78 is 18.6. The third kappa shape index (κ3) is 4.54. The first-order valence-corrected chi connectivity index (χ1v) is 6.78. The standard InChI is InChI=1S/C15H20FNO2/c1-19-13-6-7-14(16)12(10-13)3-2-8-17-15(18)9-11-4-5-11/h6-7,10-11H,2-5,8-9H2,1H3,(H,17,18). The van der Waals surface area contributed by atoms with E-state index < -0.39 is 0 Å². The molecule has 1 aliphatic rings. The highest BCUT2D eigenvalue weighted by molar-refractivity contribution is 5.76. The molecule has 1 amide bonds. The second-order valence-electron chi connectivity index (χ2n) is 5.06. The first kappa shape index (κ1) is 13.8. The molecule has 3 nitrogen and oxygen atoms in total. The second kappa shape index (κ2) is 6.55. The van der Waals surface area contributed by atoms with Crippen molar-refractivity contribution in [2.24, 2.45) is 5.92 Å². The van der Waals surface area contributed by atoms with E-state index >= 15 is 0 Å². The molecule has 19 heavy (non-hydrogen) atoms. The Bertz CT molecular complexity index is 444. The molecule has 1 saturated carbocycles. The number of hydrogen-bond donors (Lipinski definition) is 1. The maximum atomic E-state index is 13.5. The van der Waals surface area contributed by atoms with Gasteiger partial charge in [-0.2, -0.15) is 0 Å². The number of methoxy groups -OCH3 is 1. The molecular weight excluding hydrogens is 245 g/mol. The second-order valence-corrected chi connectivity index (χ2v) is 5.06. The maximum absolute atomic E-state index is 13.5. The molecule has 1 aromatic carbocycles. The number of halogens is 1. The number of nitrogens with one attached hydrogen (secondary N) is 1. The Hall–Kier alpha value is -1.58. The summed E-state index contributed by atoms with van der Waals surface area (Å²) in [7, 11) is 1.56. The fourth-order valence-electron chi connectivity index (χ4n) is 2.03. The van der Waals surface area contributed by atoms with Crippen LogP contribution in [0.2, 0.25) is 0 Å². The van der Waals surface area contributed by atoms with Crippen LogP contribution in [0.3, 0.4) is 0 Å². The van der Waals surface area contributed by atoms with Crippen molar-refractivity contribution in [1.29, 1.82) is 0 Å². The largest absolute Gasteiger partial charge is 0.497 e. The molecule has 4 heteroatoms. The smallest absolute Gasteiger partial charge is 0.220 e. The van der Waals surface area contributed by atoms with Crippen molar-refractivity contribution < 1.29 is 13.9 Å². The van der Waals surface area contributed by atoms with E-state index in [1.165, 1.54) is 18.9 Å². The number of aryl methyl sites for hydroxylation is 1. The van der Waals surface area contributed by atoms with Crippen LogP contribution in [-0.4, -0.2) is 19.6 Å². The highest BCUT2D eigenvalue weighted by atomic mass is 19.1.